The lowest BCUT2D eigenvalue weighted by Gasteiger charge is -2.33. The molecule has 196 valence electrons. The van der Waals surface area contributed by atoms with Crippen LogP contribution in [0.5, 0.6) is 5.75 Å². The molecule has 36 heavy (non-hydrogen) atoms. The third-order valence-electron chi connectivity index (χ3n) is 5.20. The minimum absolute atomic E-state index is 0.0158. The van der Waals surface area contributed by atoms with Gasteiger partial charge in [0, 0.05) is 13.1 Å². The Kier molecular flexibility index (Phi) is 10.2. The number of hydrogen-bond donors (Lipinski definition) is 5. The maximum atomic E-state index is 13.5. The van der Waals surface area contributed by atoms with Gasteiger partial charge >= 0.3 is 6.09 Å². The second kappa shape index (κ2) is 12.9. The largest absolute Gasteiger partial charge is 0.508 e. The van der Waals surface area contributed by atoms with E-state index in [0.717, 1.165) is 10.5 Å². The standard InChI is InChI=1S/C26H35N3O7/c1-17-14-19(10-11-21(17)32)22(23(33)27-15-18-8-6-5-7-9-18)29(12-13-30)24(34)20(16-31)28-25(35)36-26(2,3)4/h5-11,14,20,22,30-32H,12-13,15-16H2,1-4H3,(H,27,33)(H,28,35). The molecule has 2 rings (SSSR count). The van der Waals surface area contributed by atoms with Crippen molar-refractivity contribution < 1.29 is 34.4 Å². The number of nitrogens with zero attached hydrogens (tertiary/aromatic N) is 1. The van der Waals surface area contributed by atoms with Crippen molar-refractivity contribution in [3.8, 4) is 5.75 Å². The normalized spacial score (nSPS) is 12.8. The average molecular weight is 502 g/mol. The van der Waals surface area contributed by atoms with E-state index in [1.807, 2.05) is 30.3 Å². The van der Waals surface area contributed by atoms with Crippen LogP contribution in [0.2, 0.25) is 0 Å². The zero-order chi connectivity index (χ0) is 26.9. The maximum Gasteiger partial charge on any atom is 0.408 e. The summed E-state index contributed by atoms with van der Waals surface area (Å²) in [7, 11) is 0. The zero-order valence-electron chi connectivity index (χ0n) is 21.0. The number of alkyl carbamates (subject to hydrolysis) is 1. The van der Waals surface area contributed by atoms with E-state index in [1.165, 1.54) is 12.1 Å². The summed E-state index contributed by atoms with van der Waals surface area (Å²) in [4.78, 5) is 40.2. The summed E-state index contributed by atoms with van der Waals surface area (Å²) >= 11 is 0. The third kappa shape index (κ3) is 8.24. The van der Waals surface area contributed by atoms with Crippen molar-refractivity contribution >= 4 is 17.9 Å². The van der Waals surface area contributed by atoms with E-state index in [1.54, 1.807) is 33.8 Å². The minimum Gasteiger partial charge on any atom is -0.508 e. The van der Waals surface area contributed by atoms with Crippen molar-refractivity contribution in [1.82, 2.24) is 15.5 Å². The topological polar surface area (TPSA) is 148 Å². The first kappa shape index (κ1) is 28.6. The first-order chi connectivity index (χ1) is 17.0. The Hall–Kier alpha value is -3.63. The minimum atomic E-state index is -1.42. The van der Waals surface area contributed by atoms with Gasteiger partial charge in [0.1, 0.15) is 23.4 Å². The van der Waals surface area contributed by atoms with Gasteiger partial charge in [0.05, 0.1) is 13.2 Å². The number of aliphatic hydroxyl groups is 2. The molecule has 0 bridgehead atoms. The third-order valence-corrected chi connectivity index (χ3v) is 5.20. The smallest absolute Gasteiger partial charge is 0.408 e. The Bertz CT molecular complexity index is 1040. The number of aromatic hydroxyl groups is 1. The van der Waals surface area contributed by atoms with Gasteiger partial charge in [-0.05, 0) is 56.5 Å². The summed E-state index contributed by atoms with van der Waals surface area (Å²) in [6, 6.07) is 11.0. The maximum absolute atomic E-state index is 13.5. The number of amides is 3. The number of ether oxygens (including phenoxy) is 1. The lowest BCUT2D eigenvalue weighted by molar-refractivity contribution is -0.143. The van der Waals surface area contributed by atoms with Gasteiger partial charge in [-0.1, -0.05) is 36.4 Å². The molecule has 0 heterocycles. The highest BCUT2D eigenvalue weighted by atomic mass is 16.6. The molecular weight excluding hydrogens is 466 g/mol. The van der Waals surface area contributed by atoms with Crippen LogP contribution < -0.4 is 10.6 Å². The highest BCUT2D eigenvalue weighted by Crippen LogP contribution is 2.27. The number of phenolic OH excluding ortho intramolecular Hbond substituents is 1. The summed E-state index contributed by atoms with van der Waals surface area (Å²) in [6.07, 6.45) is -0.913. The van der Waals surface area contributed by atoms with E-state index in [9.17, 15) is 29.7 Å². The summed E-state index contributed by atoms with van der Waals surface area (Å²) in [5, 5.41) is 34.7. The fraction of sp³-hybridized carbons (Fsp3) is 0.423. The van der Waals surface area contributed by atoms with Crippen LogP contribution in [-0.2, 0) is 20.9 Å². The Morgan fingerprint density at radius 2 is 1.72 bits per heavy atom. The summed E-state index contributed by atoms with van der Waals surface area (Å²) in [5.74, 6) is -1.32. The molecule has 0 aliphatic carbocycles. The fourth-order valence-electron chi connectivity index (χ4n) is 3.51. The molecule has 0 saturated carbocycles. The monoisotopic (exact) mass is 501 g/mol. The Morgan fingerprint density at radius 3 is 2.28 bits per heavy atom. The predicted octanol–water partition coefficient (Wildman–Crippen LogP) is 1.76. The van der Waals surface area contributed by atoms with Crippen LogP contribution in [0.1, 0.15) is 43.5 Å². The molecule has 10 nitrogen and oxygen atoms in total. The van der Waals surface area contributed by atoms with E-state index in [4.69, 9.17) is 4.74 Å². The van der Waals surface area contributed by atoms with Crippen LogP contribution in [0.25, 0.3) is 0 Å². The molecule has 0 spiro atoms. The second-order valence-corrected chi connectivity index (χ2v) is 9.29. The molecule has 0 saturated heterocycles. The van der Waals surface area contributed by atoms with Crippen LogP contribution in [0, 0.1) is 6.92 Å². The molecule has 2 unspecified atom stereocenters. The molecular formula is C26H35N3O7. The van der Waals surface area contributed by atoms with Crippen molar-refractivity contribution in [2.75, 3.05) is 19.8 Å². The first-order valence-corrected chi connectivity index (χ1v) is 11.6. The number of phenols is 1. The number of benzene rings is 2. The fourth-order valence-corrected chi connectivity index (χ4v) is 3.51. The summed E-state index contributed by atoms with van der Waals surface area (Å²) in [6.45, 7) is 5.31. The van der Waals surface area contributed by atoms with Gasteiger partial charge in [0.15, 0.2) is 0 Å². The van der Waals surface area contributed by atoms with Gasteiger partial charge in [-0.2, -0.15) is 0 Å². The van der Waals surface area contributed by atoms with Gasteiger partial charge in [0.25, 0.3) is 0 Å². The molecule has 2 atom stereocenters. The Balaban J connectivity index is 2.39. The predicted molar refractivity (Wildman–Crippen MR) is 133 cm³/mol. The number of hydrogen-bond acceptors (Lipinski definition) is 7. The molecule has 0 radical (unpaired) electrons. The number of rotatable bonds is 10. The van der Waals surface area contributed by atoms with Crippen molar-refractivity contribution in [2.45, 2.75) is 51.9 Å². The van der Waals surface area contributed by atoms with Crippen LogP contribution in [-0.4, -0.2) is 69.5 Å². The highest BCUT2D eigenvalue weighted by Gasteiger charge is 2.36. The van der Waals surface area contributed by atoms with E-state index < -0.39 is 48.8 Å². The molecule has 0 aromatic heterocycles. The van der Waals surface area contributed by atoms with Crippen molar-refractivity contribution in [1.29, 1.82) is 0 Å². The number of nitrogens with one attached hydrogen (secondary N) is 2. The van der Waals surface area contributed by atoms with E-state index >= 15 is 0 Å². The van der Waals surface area contributed by atoms with Crippen molar-refractivity contribution in [3.05, 3.63) is 65.2 Å². The summed E-state index contributed by atoms with van der Waals surface area (Å²) < 4.78 is 5.18. The summed E-state index contributed by atoms with van der Waals surface area (Å²) in [5.41, 5.74) is 0.870. The zero-order valence-corrected chi connectivity index (χ0v) is 21.0. The molecule has 0 aliphatic rings. The van der Waals surface area contributed by atoms with Crippen LogP contribution in [0.15, 0.2) is 48.5 Å². The van der Waals surface area contributed by atoms with E-state index in [-0.39, 0.29) is 18.8 Å². The molecule has 10 heteroatoms. The SMILES string of the molecule is Cc1cc(C(C(=O)NCc2ccccc2)N(CCO)C(=O)C(CO)NC(=O)OC(C)(C)C)ccc1O. The van der Waals surface area contributed by atoms with E-state index in [2.05, 4.69) is 10.6 Å². The van der Waals surface area contributed by atoms with Crippen molar-refractivity contribution in [3.63, 3.8) is 0 Å². The van der Waals surface area contributed by atoms with Gasteiger partial charge < -0.3 is 35.6 Å². The molecule has 2 aromatic carbocycles. The number of carbonyl (C=O) groups is 3. The number of aryl methyl sites for hydroxylation is 1. The quantitative estimate of drug-likeness (QED) is 0.333. The lowest BCUT2D eigenvalue weighted by atomic mass is 10.00. The molecule has 0 aliphatic heterocycles. The lowest BCUT2D eigenvalue weighted by Crippen LogP contribution is -2.55. The van der Waals surface area contributed by atoms with Gasteiger partial charge in [-0.3, -0.25) is 9.59 Å². The first-order valence-electron chi connectivity index (χ1n) is 11.6. The molecule has 2 aromatic rings. The second-order valence-electron chi connectivity index (χ2n) is 9.29. The Morgan fingerprint density at radius 1 is 1.06 bits per heavy atom. The average Bonchev–Trinajstić information content (AvgIpc) is 2.82. The molecule has 0 fully saturated rings. The van der Waals surface area contributed by atoms with Gasteiger partial charge in [-0.15, -0.1) is 0 Å². The molecule has 3 amide bonds. The van der Waals surface area contributed by atoms with Gasteiger partial charge in [-0.25, -0.2) is 4.79 Å². The highest BCUT2D eigenvalue weighted by molar-refractivity contribution is 5.92. The Labute approximate surface area is 210 Å². The van der Waals surface area contributed by atoms with Gasteiger partial charge in [0.2, 0.25) is 11.8 Å². The van der Waals surface area contributed by atoms with Crippen LogP contribution in [0.3, 0.4) is 0 Å². The van der Waals surface area contributed by atoms with E-state index in [0.29, 0.717) is 11.1 Å². The number of aliphatic hydroxyl groups excluding tert-OH is 2. The van der Waals surface area contributed by atoms with Crippen LogP contribution in [0.4, 0.5) is 4.79 Å². The molecule has 5 N–H and O–H groups in total. The number of carbonyl (C=O) groups excluding carboxylic acids is 3. The van der Waals surface area contributed by atoms with Crippen molar-refractivity contribution in [2.24, 2.45) is 0 Å². The van der Waals surface area contributed by atoms with Crippen LogP contribution >= 0.6 is 0 Å².